The number of aryl methyl sites for hydroxylation is 1. The molecule has 0 bridgehead atoms. The first kappa shape index (κ1) is 44.1. The molecule has 3 aromatic rings. The number of halogens is 1. The van der Waals surface area contributed by atoms with Crippen LogP contribution in [0.2, 0.25) is 5.02 Å². The molecule has 17 heteroatoms. The van der Waals surface area contributed by atoms with Crippen molar-refractivity contribution in [3.05, 3.63) is 28.2 Å². The molecule has 2 aliphatic heterocycles. The number of carbonyl (C=O) groups excluding carboxylic acids is 3. The van der Waals surface area contributed by atoms with E-state index in [1.165, 1.54) is 34.4 Å². The Morgan fingerprint density at radius 2 is 1.82 bits per heavy atom. The summed E-state index contributed by atoms with van der Waals surface area (Å²) in [5.74, 6) is -0.771. The second-order valence-electron chi connectivity index (χ2n) is 18.6. The first-order valence-electron chi connectivity index (χ1n) is 21.6. The van der Waals surface area contributed by atoms with Crippen molar-refractivity contribution in [2.24, 2.45) is 34.5 Å². The molecule has 1 N–H and O–H groups in total. The summed E-state index contributed by atoms with van der Waals surface area (Å²) in [6.45, 7) is 13.8. The lowest BCUT2D eigenvalue weighted by molar-refractivity contribution is -0.157. The van der Waals surface area contributed by atoms with E-state index >= 15 is 0 Å². The number of aromatic nitrogens is 3. The molecule has 3 aliphatic carbocycles. The Kier molecular flexibility index (Phi) is 12.9. The summed E-state index contributed by atoms with van der Waals surface area (Å²) >= 11 is 9.81. The van der Waals surface area contributed by atoms with Gasteiger partial charge in [-0.25, -0.2) is 4.98 Å². The van der Waals surface area contributed by atoms with Crippen molar-refractivity contribution in [2.75, 3.05) is 46.0 Å². The van der Waals surface area contributed by atoms with Crippen molar-refractivity contribution < 1.29 is 43.2 Å². The number of rotatable bonds is 17. The van der Waals surface area contributed by atoms with Crippen LogP contribution in [0.4, 0.5) is 0 Å². The summed E-state index contributed by atoms with van der Waals surface area (Å²) in [6, 6.07) is 4.50. The summed E-state index contributed by atoms with van der Waals surface area (Å²) in [5, 5.41) is 21.0. The number of hydrogen-bond acceptors (Lipinski definition) is 14. The Morgan fingerprint density at radius 1 is 1.07 bits per heavy atom. The quantitative estimate of drug-likeness (QED) is 0.136. The number of pyridine rings is 1. The van der Waals surface area contributed by atoms with Crippen LogP contribution in [0.5, 0.6) is 11.5 Å². The van der Waals surface area contributed by atoms with Crippen LogP contribution in [0.15, 0.2) is 27.6 Å². The van der Waals surface area contributed by atoms with Crippen LogP contribution in [-0.2, 0) is 28.7 Å². The minimum absolute atomic E-state index is 0.0541. The molecular formula is C44H56ClN5O9S2. The third-order valence-corrected chi connectivity index (χ3v) is 15.5. The monoisotopic (exact) mass is 897 g/mol. The normalized spacial score (nSPS) is 27.7. The molecule has 1 unspecified atom stereocenters. The van der Waals surface area contributed by atoms with Gasteiger partial charge in [-0.05, 0) is 79.7 Å². The summed E-state index contributed by atoms with van der Waals surface area (Å²) in [5.41, 5.74) is -1.34. The number of nitrogens with zero attached hydrogens (tertiary/aromatic N) is 5. The predicted molar refractivity (Wildman–Crippen MR) is 229 cm³/mol. The van der Waals surface area contributed by atoms with Crippen molar-refractivity contribution in [3.8, 4) is 11.5 Å². The fourth-order valence-electron chi connectivity index (χ4n) is 9.60. The molecular weight excluding hydrogens is 842 g/mol. The number of esters is 1. The number of fused-ring (bicyclic) bond motifs is 2. The molecule has 5 fully saturated rings. The number of carboxylic acids is 1. The number of amides is 1. The van der Waals surface area contributed by atoms with Crippen LogP contribution >= 0.6 is 34.7 Å². The highest BCUT2D eigenvalue weighted by Crippen LogP contribution is 2.58. The molecule has 61 heavy (non-hydrogen) atoms. The maximum atomic E-state index is 14.8. The van der Waals surface area contributed by atoms with Crippen LogP contribution in [0.3, 0.4) is 0 Å². The number of ether oxygens (including phenoxy) is 4. The Hall–Kier alpha value is -3.57. The van der Waals surface area contributed by atoms with Crippen molar-refractivity contribution in [2.45, 2.75) is 114 Å². The van der Waals surface area contributed by atoms with Gasteiger partial charge < -0.3 is 29.0 Å². The fraction of sp³-hybridized carbons (Fsp3) is 0.659. The van der Waals surface area contributed by atoms with Gasteiger partial charge in [-0.2, -0.15) is 0 Å². The van der Waals surface area contributed by atoms with Gasteiger partial charge in [0.1, 0.15) is 45.4 Å². The maximum Gasteiger partial charge on any atom is 0.310 e. The summed E-state index contributed by atoms with van der Waals surface area (Å²) in [6.07, 6.45) is 3.06. The molecule has 0 spiro atoms. The van der Waals surface area contributed by atoms with Crippen molar-refractivity contribution in [3.63, 3.8) is 0 Å². The molecule has 2 saturated heterocycles. The van der Waals surface area contributed by atoms with E-state index in [4.69, 9.17) is 35.5 Å². The van der Waals surface area contributed by atoms with Gasteiger partial charge >= 0.3 is 11.9 Å². The smallest absolute Gasteiger partial charge is 0.310 e. The topological polar surface area (TPSA) is 171 Å². The van der Waals surface area contributed by atoms with Crippen molar-refractivity contribution in [1.82, 2.24) is 25.0 Å². The number of carbonyl (C=O) groups is 4. The molecule has 0 radical (unpaired) electrons. The number of hydrogen-bond donors (Lipinski definition) is 1. The molecule has 1 aromatic carbocycles. The molecule has 1 amide bonds. The number of benzene rings is 1. The van der Waals surface area contributed by atoms with Crippen LogP contribution in [0.1, 0.15) is 84.1 Å². The van der Waals surface area contributed by atoms with E-state index in [0.717, 1.165) is 30.9 Å². The van der Waals surface area contributed by atoms with Gasteiger partial charge in [-0.3, -0.25) is 24.1 Å². The Balaban J connectivity index is 1.07. The number of ketones is 1. The molecule has 5 aliphatic rings. The fourth-order valence-corrected chi connectivity index (χ4v) is 11.6. The number of morpholine rings is 1. The van der Waals surface area contributed by atoms with E-state index in [1.807, 2.05) is 40.7 Å². The van der Waals surface area contributed by atoms with Crippen LogP contribution in [0.25, 0.3) is 10.9 Å². The van der Waals surface area contributed by atoms with E-state index in [2.05, 4.69) is 15.1 Å². The summed E-state index contributed by atoms with van der Waals surface area (Å²) < 4.78 is 25.1. The lowest BCUT2D eigenvalue weighted by Crippen LogP contribution is -2.48. The second kappa shape index (κ2) is 17.9. The molecule has 3 saturated carbocycles. The third kappa shape index (κ3) is 9.83. The molecule has 8 rings (SSSR count). The first-order chi connectivity index (χ1) is 29.1. The van der Waals surface area contributed by atoms with Crippen LogP contribution < -0.4 is 9.47 Å². The van der Waals surface area contributed by atoms with Gasteiger partial charge in [0.15, 0.2) is 10.1 Å². The third-order valence-electron chi connectivity index (χ3n) is 13.4. The molecule has 330 valence electrons. The minimum atomic E-state index is -1.15. The zero-order chi connectivity index (χ0) is 43.2. The number of Topliss-reactive ketones (excluding diaryl/α,β-unsaturated/α-hetero) is 1. The number of aliphatic carboxylic acids is 1. The highest BCUT2D eigenvalue weighted by atomic mass is 35.5. The molecule has 14 nitrogen and oxygen atoms in total. The Morgan fingerprint density at radius 3 is 2.48 bits per heavy atom. The zero-order valence-electron chi connectivity index (χ0n) is 35.5. The predicted octanol–water partition coefficient (Wildman–Crippen LogP) is 7.11. The highest BCUT2D eigenvalue weighted by Gasteiger charge is 2.61. The van der Waals surface area contributed by atoms with Gasteiger partial charge in [-0.15, -0.1) is 10.2 Å². The number of likely N-dealkylation sites (tertiary alicyclic amines) is 1. The minimum Gasteiger partial charge on any atom is -0.491 e. The summed E-state index contributed by atoms with van der Waals surface area (Å²) in [4.78, 5) is 64.0. The van der Waals surface area contributed by atoms with Crippen molar-refractivity contribution in [1.29, 1.82) is 0 Å². The second-order valence-corrected chi connectivity index (χ2v) is 21.4. The Labute approximate surface area is 369 Å². The lowest BCUT2D eigenvalue weighted by Gasteiger charge is -2.35. The molecule has 8 atom stereocenters. The summed E-state index contributed by atoms with van der Waals surface area (Å²) in [7, 11) is 0. The first-order valence-corrected chi connectivity index (χ1v) is 23.6. The van der Waals surface area contributed by atoms with E-state index in [9.17, 15) is 24.3 Å². The van der Waals surface area contributed by atoms with Crippen LogP contribution in [0, 0.1) is 41.4 Å². The van der Waals surface area contributed by atoms with E-state index in [0.29, 0.717) is 87.8 Å². The lowest BCUT2D eigenvalue weighted by atomic mass is 9.77. The SMILES string of the molecule is CC[C@@H]1C[C@]1(CC(=O)[C@@H]1C[C@@H](Oc2cc(Sc3nnc(C)s3)nc3c(Cl)c(OCCN4CCOCC4)ccc23)CN1C(=O)[C@@H](CC(=O)OC1C[C@@H]2C[C@@H]2C1)C(C)(C)C)C(=O)O. The number of carboxylic acid groups (broad SMARTS) is 1. The van der Waals surface area contributed by atoms with Gasteiger partial charge in [0.2, 0.25) is 5.91 Å². The van der Waals surface area contributed by atoms with Crippen LogP contribution in [-0.4, -0.2) is 118 Å². The van der Waals surface area contributed by atoms with Gasteiger partial charge in [-0.1, -0.05) is 57.1 Å². The van der Waals surface area contributed by atoms with Crippen molar-refractivity contribution >= 4 is 69.2 Å². The molecule has 4 heterocycles. The standard InChI is InChI=1S/C44H56ClN5O9S2/c1-6-27-21-44(27,41(54)55)22-33(51)32-18-29(23-50(32)40(53)31(43(3,4)5)19-37(52)59-28-16-25-15-26(25)17-28)58-35-20-36(61-42-48-47-24(2)60-42)46-39-30(35)7-8-34(38(39)45)57-14-11-49-9-12-56-13-10-49/h7-8,20,25-29,31-32H,6,9-19,21-23H2,1-5H3,(H,54,55)/t25-,26+,27-,28?,29-,31-,32+,44-/m1/s1. The van der Waals surface area contributed by atoms with E-state index in [-0.39, 0.29) is 49.5 Å². The largest absolute Gasteiger partial charge is 0.491 e. The maximum absolute atomic E-state index is 14.8. The van der Waals surface area contributed by atoms with E-state index < -0.39 is 40.8 Å². The van der Waals surface area contributed by atoms with E-state index in [1.54, 1.807) is 12.1 Å². The zero-order valence-corrected chi connectivity index (χ0v) is 37.9. The molecule has 2 aromatic heterocycles. The average Bonchev–Trinajstić information content (AvgIpc) is 3.92. The highest BCUT2D eigenvalue weighted by molar-refractivity contribution is 8.01. The van der Waals surface area contributed by atoms with Gasteiger partial charge in [0, 0.05) is 43.9 Å². The average molecular weight is 899 g/mol. The van der Waals surface area contributed by atoms with Gasteiger partial charge in [0.05, 0.1) is 49.1 Å². The Bertz CT molecular complexity index is 2150. The van der Waals surface area contributed by atoms with Gasteiger partial charge in [0.25, 0.3) is 0 Å².